The number of aromatic nitrogens is 4. The molecule has 27 heavy (non-hydrogen) atoms. The molecule has 2 aromatic heterocycles. The van der Waals surface area contributed by atoms with Gasteiger partial charge in [0.15, 0.2) is 0 Å². The molecule has 3 aromatic rings. The van der Waals surface area contributed by atoms with Crippen LogP contribution in [0.3, 0.4) is 0 Å². The average molecular weight is 382 g/mol. The van der Waals surface area contributed by atoms with Crippen molar-refractivity contribution in [2.45, 2.75) is 6.92 Å². The number of anilines is 4. The van der Waals surface area contributed by atoms with Crippen LogP contribution in [0.1, 0.15) is 5.56 Å². The maximum absolute atomic E-state index is 6.20. The average Bonchev–Trinajstić information content (AvgIpc) is 2.72. The lowest BCUT2D eigenvalue weighted by Crippen LogP contribution is -2.47. The molecule has 1 aliphatic heterocycles. The second-order valence-electron chi connectivity index (χ2n) is 6.32. The minimum Gasteiger partial charge on any atom is -0.353 e. The fraction of sp³-hybridized carbons (Fsp3) is 0.263. The van der Waals surface area contributed by atoms with E-state index in [0.717, 1.165) is 60.0 Å². The van der Waals surface area contributed by atoms with Gasteiger partial charge in [0.1, 0.15) is 18.0 Å². The molecule has 0 amide bonds. The van der Waals surface area contributed by atoms with E-state index in [-0.39, 0.29) is 0 Å². The van der Waals surface area contributed by atoms with Crippen LogP contribution in [0.25, 0.3) is 0 Å². The zero-order valence-corrected chi connectivity index (χ0v) is 15.8. The van der Waals surface area contributed by atoms with Crippen LogP contribution in [0, 0.1) is 6.92 Å². The molecule has 1 N–H and O–H groups in total. The summed E-state index contributed by atoms with van der Waals surface area (Å²) < 4.78 is 0. The molecule has 0 unspecified atom stereocenters. The van der Waals surface area contributed by atoms with E-state index in [1.54, 1.807) is 18.7 Å². The van der Waals surface area contributed by atoms with Gasteiger partial charge in [-0.2, -0.15) is 0 Å². The van der Waals surface area contributed by atoms with Gasteiger partial charge in [-0.15, -0.1) is 0 Å². The standard InChI is InChI=1S/C19H20ClN7/c1-14-15(20)4-2-5-16(14)25-17-12-18(24-13-23-17)26-8-10-27(11-9-26)19-21-6-3-7-22-19/h2-7,12-13H,8-11H2,1H3,(H,23,24,25). The van der Waals surface area contributed by atoms with Crippen LogP contribution in [0.4, 0.5) is 23.3 Å². The van der Waals surface area contributed by atoms with E-state index < -0.39 is 0 Å². The van der Waals surface area contributed by atoms with Gasteiger partial charge in [0.05, 0.1) is 0 Å². The summed E-state index contributed by atoms with van der Waals surface area (Å²) in [7, 11) is 0. The Balaban J connectivity index is 1.45. The predicted molar refractivity (Wildman–Crippen MR) is 108 cm³/mol. The van der Waals surface area contributed by atoms with Crippen LogP contribution < -0.4 is 15.1 Å². The first-order valence-electron chi connectivity index (χ1n) is 8.82. The van der Waals surface area contributed by atoms with Crippen molar-refractivity contribution in [1.82, 2.24) is 19.9 Å². The maximum atomic E-state index is 6.20. The lowest BCUT2D eigenvalue weighted by atomic mass is 10.2. The molecule has 1 fully saturated rings. The number of nitrogens with one attached hydrogen (secondary N) is 1. The van der Waals surface area contributed by atoms with Crippen molar-refractivity contribution in [2.24, 2.45) is 0 Å². The van der Waals surface area contributed by atoms with E-state index in [9.17, 15) is 0 Å². The SMILES string of the molecule is Cc1c(Cl)cccc1Nc1cc(N2CCN(c3ncccn3)CC2)ncn1. The molecule has 3 heterocycles. The maximum Gasteiger partial charge on any atom is 0.225 e. The summed E-state index contributed by atoms with van der Waals surface area (Å²) in [5.41, 5.74) is 1.94. The highest BCUT2D eigenvalue weighted by atomic mass is 35.5. The third-order valence-electron chi connectivity index (χ3n) is 4.62. The van der Waals surface area contributed by atoms with Gasteiger partial charge in [0.2, 0.25) is 5.95 Å². The van der Waals surface area contributed by atoms with Gasteiger partial charge in [-0.1, -0.05) is 17.7 Å². The van der Waals surface area contributed by atoms with Crippen molar-refractivity contribution in [2.75, 3.05) is 41.3 Å². The Morgan fingerprint density at radius 3 is 2.44 bits per heavy atom. The van der Waals surface area contributed by atoms with E-state index >= 15 is 0 Å². The monoisotopic (exact) mass is 381 g/mol. The van der Waals surface area contributed by atoms with Crippen LogP contribution in [-0.4, -0.2) is 46.1 Å². The minimum atomic E-state index is 0.730. The van der Waals surface area contributed by atoms with Gasteiger partial charge in [0, 0.05) is 55.3 Å². The molecule has 0 radical (unpaired) electrons. The van der Waals surface area contributed by atoms with Crippen LogP contribution in [0.15, 0.2) is 49.1 Å². The molecule has 1 saturated heterocycles. The molecule has 8 heteroatoms. The van der Waals surface area contributed by atoms with Crippen molar-refractivity contribution < 1.29 is 0 Å². The molecule has 0 saturated carbocycles. The zero-order valence-electron chi connectivity index (χ0n) is 15.0. The number of halogens is 1. The lowest BCUT2D eigenvalue weighted by Gasteiger charge is -2.35. The zero-order chi connectivity index (χ0) is 18.6. The summed E-state index contributed by atoms with van der Waals surface area (Å²) in [5.74, 6) is 2.43. The van der Waals surface area contributed by atoms with Crippen molar-refractivity contribution in [3.8, 4) is 0 Å². The van der Waals surface area contributed by atoms with E-state index in [1.807, 2.05) is 37.3 Å². The van der Waals surface area contributed by atoms with Crippen LogP contribution >= 0.6 is 11.6 Å². The molecule has 138 valence electrons. The fourth-order valence-corrected chi connectivity index (χ4v) is 3.23. The number of nitrogens with zero attached hydrogens (tertiary/aromatic N) is 6. The highest BCUT2D eigenvalue weighted by molar-refractivity contribution is 6.31. The summed E-state index contributed by atoms with van der Waals surface area (Å²) in [6.07, 6.45) is 5.13. The molecule has 1 aliphatic rings. The largest absolute Gasteiger partial charge is 0.353 e. The van der Waals surface area contributed by atoms with Gasteiger partial charge < -0.3 is 15.1 Å². The fourth-order valence-electron chi connectivity index (χ4n) is 3.06. The van der Waals surface area contributed by atoms with Crippen molar-refractivity contribution in [1.29, 1.82) is 0 Å². The third-order valence-corrected chi connectivity index (χ3v) is 5.03. The van der Waals surface area contributed by atoms with Crippen LogP contribution in [0.2, 0.25) is 5.02 Å². The Morgan fingerprint density at radius 1 is 0.926 bits per heavy atom. The van der Waals surface area contributed by atoms with Crippen LogP contribution in [-0.2, 0) is 0 Å². The van der Waals surface area contributed by atoms with Crippen molar-refractivity contribution >= 4 is 34.9 Å². The molecule has 0 atom stereocenters. The van der Waals surface area contributed by atoms with E-state index in [1.165, 1.54) is 0 Å². The van der Waals surface area contributed by atoms with Gasteiger partial charge >= 0.3 is 0 Å². The number of rotatable bonds is 4. The molecule has 1 aromatic carbocycles. The van der Waals surface area contributed by atoms with Gasteiger partial charge in [-0.3, -0.25) is 0 Å². The normalized spacial score (nSPS) is 14.3. The summed E-state index contributed by atoms with van der Waals surface area (Å²) in [6, 6.07) is 9.58. The summed E-state index contributed by atoms with van der Waals surface area (Å²) >= 11 is 6.20. The molecular formula is C19H20ClN7. The molecule has 7 nitrogen and oxygen atoms in total. The predicted octanol–water partition coefficient (Wildman–Crippen LogP) is 3.30. The number of piperazine rings is 1. The first kappa shape index (κ1) is 17.5. The Hall–Kier alpha value is -2.93. The Morgan fingerprint density at radius 2 is 1.67 bits per heavy atom. The van der Waals surface area contributed by atoms with Crippen molar-refractivity contribution in [3.05, 3.63) is 59.6 Å². The van der Waals surface area contributed by atoms with E-state index in [0.29, 0.717) is 0 Å². The lowest BCUT2D eigenvalue weighted by molar-refractivity contribution is 0.634. The molecular weight excluding hydrogens is 362 g/mol. The highest BCUT2D eigenvalue weighted by Gasteiger charge is 2.20. The molecule has 0 aliphatic carbocycles. The number of hydrogen-bond acceptors (Lipinski definition) is 7. The second kappa shape index (κ2) is 7.75. The minimum absolute atomic E-state index is 0.730. The van der Waals surface area contributed by atoms with Gasteiger partial charge in [-0.05, 0) is 30.7 Å². The van der Waals surface area contributed by atoms with E-state index in [2.05, 4.69) is 35.1 Å². The highest BCUT2D eigenvalue weighted by Crippen LogP contribution is 2.26. The van der Waals surface area contributed by atoms with Gasteiger partial charge in [-0.25, -0.2) is 19.9 Å². The molecule has 4 rings (SSSR count). The summed E-state index contributed by atoms with van der Waals surface area (Å²) in [5, 5.41) is 4.06. The number of benzene rings is 1. The Bertz CT molecular complexity index is 911. The first-order valence-corrected chi connectivity index (χ1v) is 9.19. The van der Waals surface area contributed by atoms with Crippen LogP contribution in [0.5, 0.6) is 0 Å². The van der Waals surface area contributed by atoms with E-state index in [4.69, 9.17) is 11.6 Å². The Labute approximate surface area is 163 Å². The topological polar surface area (TPSA) is 70.1 Å². The Kier molecular flexibility index (Phi) is 5.02. The first-order chi connectivity index (χ1) is 13.2. The van der Waals surface area contributed by atoms with Crippen molar-refractivity contribution in [3.63, 3.8) is 0 Å². The molecule has 0 bridgehead atoms. The summed E-state index contributed by atoms with van der Waals surface area (Å²) in [4.78, 5) is 21.9. The number of hydrogen-bond donors (Lipinski definition) is 1. The summed E-state index contributed by atoms with van der Waals surface area (Å²) in [6.45, 7) is 5.39. The quantitative estimate of drug-likeness (QED) is 0.743. The third kappa shape index (κ3) is 3.93. The van der Waals surface area contributed by atoms with Gasteiger partial charge in [0.25, 0.3) is 0 Å². The second-order valence-corrected chi connectivity index (χ2v) is 6.73. The smallest absolute Gasteiger partial charge is 0.225 e. The molecule has 0 spiro atoms.